The Morgan fingerprint density at radius 1 is 1.19 bits per heavy atom. The van der Waals surface area contributed by atoms with E-state index in [1.54, 1.807) is 14.2 Å². The molecule has 0 radical (unpaired) electrons. The molecule has 0 aliphatic carbocycles. The third kappa shape index (κ3) is 4.36. The van der Waals surface area contributed by atoms with Crippen molar-refractivity contribution in [3.8, 4) is 11.5 Å². The van der Waals surface area contributed by atoms with Crippen LogP contribution in [-0.4, -0.2) is 38.1 Å². The zero-order valence-corrected chi connectivity index (χ0v) is 15.3. The van der Waals surface area contributed by atoms with Crippen LogP contribution in [0.1, 0.15) is 24.4 Å². The second-order valence-corrected chi connectivity index (χ2v) is 6.41. The molecule has 0 aromatic heterocycles. The first-order valence-corrected chi connectivity index (χ1v) is 8.72. The number of carbonyl (C=O) groups is 1. The fourth-order valence-electron chi connectivity index (χ4n) is 3.43. The highest BCUT2D eigenvalue weighted by Crippen LogP contribution is 2.38. The number of nitrogens with zero attached hydrogens (tertiary/aromatic N) is 1. The van der Waals surface area contributed by atoms with Crippen molar-refractivity contribution in [2.75, 3.05) is 32.6 Å². The number of carbonyl (C=O) groups excluding carboxylic acids is 1. The van der Waals surface area contributed by atoms with E-state index < -0.39 is 17.5 Å². The number of rotatable bonds is 6. The average Bonchev–Trinajstić information content (AvgIpc) is 3.11. The molecule has 1 aliphatic rings. The first-order chi connectivity index (χ1) is 13.0. The Labute approximate surface area is 156 Å². The standard InChI is InChI=1S/C20H22F2N2O3/c1-26-14-6-8-19(27-2)15(11-14)18-4-3-9-24(18)12-20(25)23-17-10-13(21)5-7-16(17)22/h5-8,10-11,18H,3-4,9,12H2,1-2H3,(H,23,25)/t18-/m1/s1. The molecule has 2 aromatic carbocycles. The Kier molecular flexibility index (Phi) is 5.91. The van der Waals surface area contributed by atoms with Crippen molar-refractivity contribution >= 4 is 11.6 Å². The number of amides is 1. The Morgan fingerprint density at radius 3 is 2.74 bits per heavy atom. The van der Waals surface area contributed by atoms with Crippen molar-refractivity contribution in [3.05, 3.63) is 53.6 Å². The van der Waals surface area contributed by atoms with Crippen molar-refractivity contribution in [2.24, 2.45) is 0 Å². The van der Waals surface area contributed by atoms with Crippen LogP contribution in [0.25, 0.3) is 0 Å². The van der Waals surface area contributed by atoms with Gasteiger partial charge in [0.2, 0.25) is 5.91 Å². The predicted molar refractivity (Wildman–Crippen MR) is 98.1 cm³/mol. The Bertz CT molecular complexity index is 829. The van der Waals surface area contributed by atoms with E-state index in [1.807, 2.05) is 23.1 Å². The van der Waals surface area contributed by atoms with E-state index in [0.717, 1.165) is 48.9 Å². The Balaban J connectivity index is 1.75. The molecule has 1 aliphatic heterocycles. The van der Waals surface area contributed by atoms with E-state index in [-0.39, 0.29) is 18.3 Å². The maximum absolute atomic E-state index is 13.7. The van der Waals surface area contributed by atoms with Crippen LogP contribution in [-0.2, 0) is 4.79 Å². The normalized spacial score (nSPS) is 17.0. The lowest BCUT2D eigenvalue weighted by molar-refractivity contribution is -0.117. The molecule has 0 unspecified atom stereocenters. The maximum Gasteiger partial charge on any atom is 0.238 e. The SMILES string of the molecule is COc1ccc(OC)c([C@H]2CCCN2CC(=O)Nc2cc(F)ccc2F)c1. The van der Waals surface area contributed by atoms with Gasteiger partial charge in [0.1, 0.15) is 23.1 Å². The number of nitrogens with one attached hydrogen (secondary N) is 1. The first-order valence-electron chi connectivity index (χ1n) is 8.72. The molecule has 5 nitrogen and oxygen atoms in total. The summed E-state index contributed by atoms with van der Waals surface area (Å²) in [6.45, 7) is 0.797. The highest BCUT2D eigenvalue weighted by atomic mass is 19.1. The fourth-order valence-corrected chi connectivity index (χ4v) is 3.43. The van der Waals surface area contributed by atoms with Crippen LogP contribution < -0.4 is 14.8 Å². The molecule has 1 N–H and O–H groups in total. The van der Waals surface area contributed by atoms with E-state index >= 15 is 0 Å². The summed E-state index contributed by atoms with van der Waals surface area (Å²) < 4.78 is 37.8. The van der Waals surface area contributed by atoms with Gasteiger partial charge in [0, 0.05) is 17.7 Å². The molecule has 1 fully saturated rings. The molecule has 1 heterocycles. The van der Waals surface area contributed by atoms with Crippen LogP contribution in [0.15, 0.2) is 36.4 Å². The van der Waals surface area contributed by atoms with E-state index in [9.17, 15) is 13.6 Å². The second-order valence-electron chi connectivity index (χ2n) is 6.41. The largest absolute Gasteiger partial charge is 0.497 e. The maximum atomic E-state index is 13.7. The molecule has 0 bridgehead atoms. The minimum absolute atomic E-state index is 0.0156. The Morgan fingerprint density at radius 2 is 2.00 bits per heavy atom. The third-order valence-electron chi connectivity index (χ3n) is 4.71. The Hall–Kier alpha value is -2.67. The highest BCUT2D eigenvalue weighted by Gasteiger charge is 2.30. The highest BCUT2D eigenvalue weighted by molar-refractivity contribution is 5.92. The van der Waals surface area contributed by atoms with Crippen LogP contribution in [0.4, 0.5) is 14.5 Å². The number of benzene rings is 2. The summed E-state index contributed by atoms with van der Waals surface area (Å²) in [5, 5.41) is 2.45. The van der Waals surface area contributed by atoms with Gasteiger partial charge in [-0.1, -0.05) is 0 Å². The number of ether oxygens (including phenoxy) is 2. The molecule has 0 saturated carbocycles. The number of likely N-dealkylation sites (tertiary alicyclic amines) is 1. The van der Waals surface area contributed by atoms with Gasteiger partial charge in [0.05, 0.1) is 26.5 Å². The lowest BCUT2D eigenvalue weighted by Gasteiger charge is -2.26. The molecular weight excluding hydrogens is 354 g/mol. The number of hydrogen-bond acceptors (Lipinski definition) is 4. The third-order valence-corrected chi connectivity index (χ3v) is 4.71. The van der Waals surface area contributed by atoms with Gasteiger partial charge in [-0.15, -0.1) is 0 Å². The number of methoxy groups -OCH3 is 2. The second kappa shape index (κ2) is 8.35. The van der Waals surface area contributed by atoms with E-state index in [4.69, 9.17) is 9.47 Å². The first kappa shape index (κ1) is 19.1. The number of anilines is 1. The summed E-state index contributed by atoms with van der Waals surface area (Å²) >= 11 is 0. The van der Waals surface area contributed by atoms with Crippen LogP contribution >= 0.6 is 0 Å². The van der Waals surface area contributed by atoms with Crippen LogP contribution in [0.2, 0.25) is 0 Å². The van der Waals surface area contributed by atoms with Crippen molar-refractivity contribution in [1.29, 1.82) is 0 Å². The van der Waals surface area contributed by atoms with Crippen molar-refractivity contribution in [1.82, 2.24) is 4.90 Å². The van der Waals surface area contributed by atoms with E-state index in [0.29, 0.717) is 5.75 Å². The van der Waals surface area contributed by atoms with Gasteiger partial charge in [-0.25, -0.2) is 8.78 Å². The zero-order chi connectivity index (χ0) is 19.4. The molecule has 0 spiro atoms. The molecule has 27 heavy (non-hydrogen) atoms. The van der Waals surface area contributed by atoms with Crippen molar-refractivity contribution < 1.29 is 23.0 Å². The summed E-state index contributed by atoms with van der Waals surface area (Å²) in [7, 11) is 3.20. The van der Waals surface area contributed by atoms with Crippen LogP contribution in [0.3, 0.4) is 0 Å². The topological polar surface area (TPSA) is 50.8 Å². The molecule has 1 amide bonds. The summed E-state index contributed by atoms with van der Waals surface area (Å²) in [4.78, 5) is 14.4. The van der Waals surface area contributed by atoms with Gasteiger partial charge >= 0.3 is 0 Å². The summed E-state index contributed by atoms with van der Waals surface area (Å²) in [6, 6.07) is 8.53. The van der Waals surface area contributed by atoms with Crippen LogP contribution in [0, 0.1) is 11.6 Å². The minimum atomic E-state index is -0.669. The van der Waals surface area contributed by atoms with Crippen molar-refractivity contribution in [3.63, 3.8) is 0 Å². The van der Waals surface area contributed by atoms with Gasteiger partial charge in [-0.05, 0) is 49.7 Å². The molecule has 7 heteroatoms. The van der Waals surface area contributed by atoms with E-state index in [2.05, 4.69) is 5.32 Å². The quantitative estimate of drug-likeness (QED) is 0.834. The summed E-state index contributed by atoms with van der Waals surface area (Å²) in [5.41, 5.74) is 0.786. The van der Waals surface area contributed by atoms with Gasteiger partial charge in [-0.2, -0.15) is 0 Å². The average molecular weight is 376 g/mol. The molecular formula is C20H22F2N2O3. The summed E-state index contributed by atoms with van der Waals surface area (Å²) in [6.07, 6.45) is 1.79. The molecule has 1 saturated heterocycles. The molecule has 3 rings (SSSR count). The lowest BCUT2D eigenvalue weighted by Crippen LogP contribution is -2.33. The van der Waals surface area contributed by atoms with Gasteiger partial charge in [0.25, 0.3) is 0 Å². The summed E-state index contributed by atoms with van der Waals surface area (Å²) in [5.74, 6) is -0.231. The fraction of sp³-hybridized carbons (Fsp3) is 0.350. The molecule has 144 valence electrons. The zero-order valence-electron chi connectivity index (χ0n) is 15.3. The van der Waals surface area contributed by atoms with Gasteiger partial charge < -0.3 is 14.8 Å². The number of hydrogen-bond donors (Lipinski definition) is 1. The van der Waals surface area contributed by atoms with Gasteiger partial charge in [-0.3, -0.25) is 9.69 Å². The number of halogens is 2. The van der Waals surface area contributed by atoms with Crippen LogP contribution in [0.5, 0.6) is 11.5 Å². The molecule has 2 aromatic rings. The monoisotopic (exact) mass is 376 g/mol. The predicted octanol–water partition coefficient (Wildman–Crippen LogP) is 3.76. The van der Waals surface area contributed by atoms with Gasteiger partial charge in [0.15, 0.2) is 0 Å². The molecule has 1 atom stereocenters. The lowest BCUT2D eigenvalue weighted by atomic mass is 10.0. The smallest absolute Gasteiger partial charge is 0.238 e. The van der Waals surface area contributed by atoms with Crippen molar-refractivity contribution in [2.45, 2.75) is 18.9 Å². The van der Waals surface area contributed by atoms with E-state index in [1.165, 1.54) is 0 Å². The minimum Gasteiger partial charge on any atom is -0.497 e.